The number of rotatable bonds is 3. The fourth-order valence-corrected chi connectivity index (χ4v) is 0.700. The van der Waals surface area contributed by atoms with Crippen LogP contribution in [0.2, 0.25) is 0 Å². The number of allylic oxidation sites excluding steroid dienone is 1. The summed E-state index contributed by atoms with van der Waals surface area (Å²) in [5.41, 5.74) is 1.06. The van der Waals surface area contributed by atoms with E-state index in [1.165, 1.54) is 0 Å². The number of hydrogen-bond donors (Lipinski definition) is 0. The molecule has 2 unspecified atom stereocenters. The Kier molecular flexibility index (Phi) is 13.9. The summed E-state index contributed by atoms with van der Waals surface area (Å²) in [7, 11) is 3.02. The molecule has 0 aromatic heterocycles. The summed E-state index contributed by atoms with van der Waals surface area (Å²) >= 11 is 0. The standard InChI is InChI=1S/C5H11OP2.Y/c1-5(2)3-4-6-8-7;/h3,8H,1,4,7H2,2H3;/q-1;/b5-3-;. The molecule has 0 saturated heterocycles. The van der Waals surface area contributed by atoms with Crippen molar-refractivity contribution in [2.75, 3.05) is 6.61 Å². The van der Waals surface area contributed by atoms with E-state index in [1.807, 2.05) is 13.0 Å². The van der Waals surface area contributed by atoms with E-state index in [0.29, 0.717) is 15.1 Å². The Morgan fingerprint density at radius 2 is 2.44 bits per heavy atom. The maximum atomic E-state index is 5.02. The first-order valence-electron chi connectivity index (χ1n) is 2.33. The second-order valence-corrected chi connectivity index (χ2v) is 2.71. The van der Waals surface area contributed by atoms with Gasteiger partial charge in [0, 0.05) is 47.8 Å². The van der Waals surface area contributed by atoms with Crippen LogP contribution in [0.4, 0.5) is 0 Å². The van der Waals surface area contributed by atoms with E-state index in [1.54, 1.807) is 0 Å². The maximum Gasteiger partial charge on any atom is 0.0308 e. The van der Waals surface area contributed by atoms with Gasteiger partial charge in [0.1, 0.15) is 0 Å². The summed E-state index contributed by atoms with van der Waals surface area (Å²) in [5, 5.41) is 0. The third-order valence-corrected chi connectivity index (χ3v) is 1.43. The second kappa shape index (κ2) is 9.53. The normalized spacial score (nSPS) is 12.0. The molecule has 0 bridgehead atoms. The third-order valence-electron chi connectivity index (χ3n) is 0.598. The molecule has 2 atom stereocenters. The summed E-state index contributed by atoms with van der Waals surface area (Å²) in [4.78, 5) is 0. The molecule has 0 aliphatic heterocycles. The second-order valence-electron chi connectivity index (χ2n) is 1.48. The maximum absolute atomic E-state index is 5.02. The molecule has 1 radical (unpaired) electrons. The van der Waals surface area contributed by atoms with Gasteiger partial charge in [0.2, 0.25) is 0 Å². The van der Waals surface area contributed by atoms with E-state index in [4.69, 9.17) is 4.52 Å². The van der Waals surface area contributed by atoms with Crippen molar-refractivity contribution in [3.8, 4) is 0 Å². The minimum Gasteiger partial charge on any atom is -0.372 e. The van der Waals surface area contributed by atoms with Gasteiger partial charge in [-0.25, -0.2) is 18.6 Å². The molecule has 0 N–H and O–H groups in total. The summed E-state index contributed by atoms with van der Waals surface area (Å²) in [6.45, 7) is 6.33. The fraction of sp³-hybridized carbons (Fsp3) is 0.400. The third kappa shape index (κ3) is 12.7. The van der Waals surface area contributed by atoms with Crippen LogP contribution in [-0.4, -0.2) is 6.61 Å². The quantitative estimate of drug-likeness (QED) is 0.416. The van der Waals surface area contributed by atoms with Crippen molar-refractivity contribution in [3.63, 3.8) is 0 Å². The molecule has 0 aromatic rings. The first-order valence-corrected chi connectivity index (χ1v) is 5.05. The fourth-order valence-electron chi connectivity index (χ4n) is 0.232. The van der Waals surface area contributed by atoms with E-state index in [0.717, 1.165) is 5.57 Å². The van der Waals surface area contributed by atoms with Crippen LogP contribution in [0.5, 0.6) is 0 Å². The Balaban J connectivity index is 0. The van der Waals surface area contributed by atoms with E-state index >= 15 is 0 Å². The van der Waals surface area contributed by atoms with Gasteiger partial charge in [-0.2, -0.15) is 0 Å². The smallest absolute Gasteiger partial charge is 0.0308 e. The van der Waals surface area contributed by atoms with Crippen molar-refractivity contribution in [2.24, 2.45) is 0 Å². The Hall–Kier alpha value is 1.53. The average Bonchev–Trinajstić information content (AvgIpc) is 1.66. The first kappa shape index (κ1) is 13.1. The Bertz CT molecular complexity index is 81.0. The molecule has 0 rings (SSSR count). The summed E-state index contributed by atoms with van der Waals surface area (Å²) in [6, 6.07) is 0. The zero-order chi connectivity index (χ0) is 6.41. The molecular weight excluding hydrogens is 227 g/mol. The average molecular weight is 238 g/mol. The monoisotopic (exact) mass is 238 g/mol. The van der Waals surface area contributed by atoms with Crippen molar-refractivity contribution in [3.05, 3.63) is 18.6 Å². The molecule has 0 heterocycles. The Morgan fingerprint density at radius 3 is 2.78 bits per heavy atom. The van der Waals surface area contributed by atoms with Crippen LogP contribution in [0.1, 0.15) is 6.92 Å². The van der Waals surface area contributed by atoms with Gasteiger partial charge in [-0.05, 0) is 0 Å². The predicted molar refractivity (Wildman–Crippen MR) is 43.1 cm³/mol. The SMILES string of the molecule is [CH2-]/C(C)=C/COPP.[Y]. The Morgan fingerprint density at radius 1 is 1.89 bits per heavy atom. The van der Waals surface area contributed by atoms with Gasteiger partial charge in [0.05, 0.1) is 0 Å². The summed E-state index contributed by atoms with van der Waals surface area (Å²) in [5.74, 6) is 0. The van der Waals surface area contributed by atoms with Crippen LogP contribution >= 0.6 is 17.4 Å². The van der Waals surface area contributed by atoms with Crippen LogP contribution in [-0.2, 0) is 37.2 Å². The van der Waals surface area contributed by atoms with Crippen LogP contribution in [0.25, 0.3) is 0 Å². The molecular formula is C5H11OP2Y-. The molecule has 0 spiro atoms. The molecule has 4 heteroatoms. The van der Waals surface area contributed by atoms with Crippen molar-refractivity contribution >= 4 is 17.4 Å². The summed E-state index contributed by atoms with van der Waals surface area (Å²) in [6.07, 6.45) is 1.96. The topological polar surface area (TPSA) is 9.23 Å². The summed E-state index contributed by atoms with van der Waals surface area (Å²) < 4.78 is 5.02. The van der Waals surface area contributed by atoms with Gasteiger partial charge in [0.15, 0.2) is 0 Å². The van der Waals surface area contributed by atoms with Gasteiger partial charge in [-0.3, -0.25) is 0 Å². The molecule has 0 fully saturated rings. The van der Waals surface area contributed by atoms with Gasteiger partial charge in [-0.15, -0.1) is 0 Å². The van der Waals surface area contributed by atoms with Crippen LogP contribution < -0.4 is 0 Å². The molecule has 0 aromatic carbocycles. The van der Waals surface area contributed by atoms with Gasteiger partial charge in [-0.1, -0.05) is 15.9 Å². The first-order chi connectivity index (χ1) is 3.77. The molecule has 0 amide bonds. The van der Waals surface area contributed by atoms with Gasteiger partial charge < -0.3 is 4.52 Å². The van der Waals surface area contributed by atoms with Crippen LogP contribution in [0.3, 0.4) is 0 Å². The minimum atomic E-state index is 0. The molecule has 0 aliphatic carbocycles. The zero-order valence-electron chi connectivity index (χ0n) is 5.55. The van der Waals surface area contributed by atoms with E-state index in [2.05, 4.69) is 15.9 Å². The van der Waals surface area contributed by atoms with Crippen LogP contribution in [0, 0.1) is 6.92 Å². The molecule has 1 nitrogen and oxygen atoms in total. The largest absolute Gasteiger partial charge is 0.372 e. The molecule has 0 aliphatic rings. The van der Waals surface area contributed by atoms with Crippen molar-refractivity contribution in [2.45, 2.75) is 6.92 Å². The minimum absolute atomic E-state index is 0. The van der Waals surface area contributed by atoms with E-state index in [-0.39, 0.29) is 32.7 Å². The molecule has 51 valence electrons. The van der Waals surface area contributed by atoms with Crippen molar-refractivity contribution < 1.29 is 37.2 Å². The van der Waals surface area contributed by atoms with Gasteiger partial charge in [0.25, 0.3) is 0 Å². The van der Waals surface area contributed by atoms with Crippen LogP contribution in [0.15, 0.2) is 11.6 Å². The van der Waals surface area contributed by atoms with E-state index in [9.17, 15) is 0 Å². The van der Waals surface area contributed by atoms with Gasteiger partial charge >= 0.3 is 0 Å². The van der Waals surface area contributed by atoms with Crippen molar-refractivity contribution in [1.29, 1.82) is 0 Å². The Labute approximate surface area is 86.2 Å². The zero-order valence-corrected chi connectivity index (χ0v) is 10.5. The van der Waals surface area contributed by atoms with Crippen molar-refractivity contribution in [1.82, 2.24) is 0 Å². The molecule has 0 saturated carbocycles. The molecule has 9 heavy (non-hydrogen) atoms. The predicted octanol–water partition coefficient (Wildman–Crippen LogP) is 2.16. The number of hydrogen-bond acceptors (Lipinski definition) is 1. The van der Waals surface area contributed by atoms with E-state index < -0.39 is 0 Å².